The lowest BCUT2D eigenvalue weighted by molar-refractivity contribution is -0.124. The number of hydrogen-bond donors (Lipinski definition) is 1. The van der Waals surface area contributed by atoms with Crippen molar-refractivity contribution in [3.63, 3.8) is 0 Å². The molecule has 2 aromatic carbocycles. The molecule has 1 amide bonds. The number of ether oxygens (including phenoxy) is 3. The molecule has 7 heteroatoms. The minimum atomic E-state index is -0.565. The smallest absolute Gasteiger partial charge is 0.338 e. The maximum Gasteiger partial charge on any atom is 0.338 e. The zero-order valence-electron chi connectivity index (χ0n) is 16.2. The maximum atomic E-state index is 12.1. The van der Waals surface area contributed by atoms with Crippen molar-refractivity contribution in [2.75, 3.05) is 19.8 Å². The zero-order valence-corrected chi connectivity index (χ0v) is 17.0. The van der Waals surface area contributed by atoms with Gasteiger partial charge in [0.1, 0.15) is 12.4 Å². The van der Waals surface area contributed by atoms with E-state index < -0.39 is 5.97 Å². The number of rotatable bonds is 8. The third-order valence-corrected chi connectivity index (χ3v) is 4.88. The molecule has 1 N–H and O–H groups in total. The average Bonchev–Trinajstić information content (AvgIpc) is 3.25. The number of benzene rings is 2. The molecule has 1 saturated heterocycles. The van der Waals surface area contributed by atoms with E-state index in [1.807, 2.05) is 19.1 Å². The summed E-state index contributed by atoms with van der Waals surface area (Å²) in [6.45, 7) is 2.77. The first-order valence-corrected chi connectivity index (χ1v) is 9.95. The Morgan fingerprint density at radius 2 is 1.90 bits per heavy atom. The van der Waals surface area contributed by atoms with Crippen molar-refractivity contribution in [2.24, 2.45) is 0 Å². The third kappa shape index (κ3) is 6.48. The van der Waals surface area contributed by atoms with Gasteiger partial charge in [-0.25, -0.2) is 4.79 Å². The molecule has 3 rings (SSSR count). The third-order valence-electron chi connectivity index (χ3n) is 4.63. The van der Waals surface area contributed by atoms with E-state index in [0.29, 0.717) is 22.9 Å². The standard InChI is InChI=1S/C22H24ClNO5/c1-15(16-4-8-18(23)9-5-16)24-21(25)14-29-22(26)17-6-10-19(11-7-17)28-13-20-3-2-12-27-20/h4-11,15,20H,2-3,12-14H2,1H3,(H,24,25)/t15-,20+/m1/s1. The van der Waals surface area contributed by atoms with E-state index in [1.54, 1.807) is 36.4 Å². The molecule has 0 saturated carbocycles. The predicted molar refractivity (Wildman–Crippen MR) is 109 cm³/mol. The highest BCUT2D eigenvalue weighted by molar-refractivity contribution is 6.30. The van der Waals surface area contributed by atoms with Gasteiger partial charge in [-0.05, 0) is 61.7 Å². The Morgan fingerprint density at radius 1 is 1.17 bits per heavy atom. The average molecular weight is 418 g/mol. The molecule has 1 heterocycles. The summed E-state index contributed by atoms with van der Waals surface area (Å²) in [6, 6.07) is 13.6. The molecule has 0 bridgehead atoms. The van der Waals surface area contributed by atoms with Gasteiger partial charge in [0.05, 0.1) is 17.7 Å². The Bertz CT molecular complexity index is 816. The normalized spacial score (nSPS) is 16.8. The first-order valence-electron chi connectivity index (χ1n) is 9.57. The van der Waals surface area contributed by atoms with Crippen molar-refractivity contribution in [1.82, 2.24) is 5.32 Å². The summed E-state index contributed by atoms with van der Waals surface area (Å²) in [7, 11) is 0. The van der Waals surface area contributed by atoms with Gasteiger partial charge in [-0.15, -0.1) is 0 Å². The summed E-state index contributed by atoms with van der Waals surface area (Å²) in [5, 5.41) is 3.41. The van der Waals surface area contributed by atoms with Crippen molar-refractivity contribution >= 4 is 23.5 Å². The van der Waals surface area contributed by atoms with Crippen LogP contribution in [0.3, 0.4) is 0 Å². The predicted octanol–water partition coefficient (Wildman–Crippen LogP) is 3.93. The molecule has 2 aromatic rings. The lowest BCUT2D eigenvalue weighted by atomic mass is 10.1. The van der Waals surface area contributed by atoms with Gasteiger partial charge in [0, 0.05) is 11.6 Å². The van der Waals surface area contributed by atoms with Crippen molar-refractivity contribution in [2.45, 2.75) is 31.9 Å². The number of hydrogen-bond acceptors (Lipinski definition) is 5. The van der Waals surface area contributed by atoms with Crippen LogP contribution in [0.5, 0.6) is 5.75 Å². The second kappa shape index (κ2) is 10.3. The SMILES string of the molecule is C[C@@H](NC(=O)COC(=O)c1ccc(OC[C@@H]2CCCO2)cc1)c1ccc(Cl)cc1. The highest BCUT2D eigenvalue weighted by Gasteiger charge is 2.16. The number of carbonyl (C=O) groups excluding carboxylic acids is 2. The van der Waals surface area contributed by atoms with Gasteiger partial charge >= 0.3 is 5.97 Å². The van der Waals surface area contributed by atoms with E-state index >= 15 is 0 Å². The summed E-state index contributed by atoms with van der Waals surface area (Å²) in [5.74, 6) is -0.283. The number of esters is 1. The molecule has 6 nitrogen and oxygen atoms in total. The lowest BCUT2D eigenvalue weighted by Crippen LogP contribution is -2.31. The topological polar surface area (TPSA) is 73.9 Å². The Kier molecular flexibility index (Phi) is 7.49. The molecule has 0 spiro atoms. The maximum absolute atomic E-state index is 12.1. The van der Waals surface area contributed by atoms with Gasteiger partial charge in [-0.1, -0.05) is 23.7 Å². The first-order chi connectivity index (χ1) is 14.0. The monoisotopic (exact) mass is 417 g/mol. The quantitative estimate of drug-likeness (QED) is 0.659. The minimum Gasteiger partial charge on any atom is -0.491 e. The van der Waals surface area contributed by atoms with E-state index in [1.165, 1.54) is 0 Å². The van der Waals surface area contributed by atoms with Crippen molar-refractivity contribution in [1.29, 1.82) is 0 Å². The molecule has 0 aromatic heterocycles. The largest absolute Gasteiger partial charge is 0.491 e. The molecule has 0 unspecified atom stereocenters. The molecule has 0 aliphatic carbocycles. The summed E-state index contributed by atoms with van der Waals surface area (Å²) in [4.78, 5) is 24.2. The zero-order chi connectivity index (χ0) is 20.6. The second-order valence-electron chi connectivity index (χ2n) is 6.89. The molecule has 154 valence electrons. The molecule has 1 fully saturated rings. The lowest BCUT2D eigenvalue weighted by Gasteiger charge is -2.14. The fraction of sp³-hybridized carbons (Fsp3) is 0.364. The summed E-state index contributed by atoms with van der Waals surface area (Å²) in [5.41, 5.74) is 1.26. The number of halogens is 1. The van der Waals surface area contributed by atoms with Crippen LogP contribution < -0.4 is 10.1 Å². The van der Waals surface area contributed by atoms with E-state index in [0.717, 1.165) is 25.0 Å². The van der Waals surface area contributed by atoms with Gasteiger partial charge < -0.3 is 19.5 Å². The minimum absolute atomic E-state index is 0.133. The van der Waals surface area contributed by atoms with Gasteiger partial charge in [-0.3, -0.25) is 4.79 Å². The summed E-state index contributed by atoms with van der Waals surface area (Å²) >= 11 is 5.86. The first kappa shape index (κ1) is 21.1. The Morgan fingerprint density at radius 3 is 2.55 bits per heavy atom. The van der Waals surface area contributed by atoms with Crippen LogP contribution in [-0.4, -0.2) is 37.8 Å². The highest BCUT2D eigenvalue weighted by atomic mass is 35.5. The molecule has 1 aliphatic rings. The van der Waals surface area contributed by atoms with Crippen LogP contribution in [-0.2, 0) is 14.3 Å². The van der Waals surface area contributed by atoms with Crippen LogP contribution >= 0.6 is 11.6 Å². The van der Waals surface area contributed by atoms with Crippen LogP contribution in [0.15, 0.2) is 48.5 Å². The fourth-order valence-corrected chi connectivity index (χ4v) is 3.11. The van der Waals surface area contributed by atoms with Crippen LogP contribution in [0.1, 0.15) is 41.7 Å². The van der Waals surface area contributed by atoms with E-state index in [2.05, 4.69) is 5.32 Å². The van der Waals surface area contributed by atoms with Gasteiger partial charge in [0.15, 0.2) is 6.61 Å². The van der Waals surface area contributed by atoms with E-state index in [4.69, 9.17) is 25.8 Å². The molecule has 29 heavy (non-hydrogen) atoms. The van der Waals surface area contributed by atoms with Crippen LogP contribution in [0.25, 0.3) is 0 Å². The van der Waals surface area contributed by atoms with Gasteiger partial charge in [-0.2, -0.15) is 0 Å². The Balaban J connectivity index is 1.42. The summed E-state index contributed by atoms with van der Waals surface area (Å²) in [6.07, 6.45) is 2.20. The van der Waals surface area contributed by atoms with Gasteiger partial charge in [0.25, 0.3) is 5.91 Å². The van der Waals surface area contributed by atoms with Crippen LogP contribution in [0, 0.1) is 0 Å². The van der Waals surface area contributed by atoms with Crippen molar-refractivity contribution in [3.05, 3.63) is 64.7 Å². The van der Waals surface area contributed by atoms with E-state index in [-0.39, 0.29) is 24.7 Å². The second-order valence-corrected chi connectivity index (χ2v) is 7.32. The van der Waals surface area contributed by atoms with Crippen molar-refractivity contribution < 1.29 is 23.8 Å². The fourth-order valence-electron chi connectivity index (χ4n) is 2.98. The molecule has 2 atom stereocenters. The highest BCUT2D eigenvalue weighted by Crippen LogP contribution is 2.18. The Hall–Kier alpha value is -2.57. The number of nitrogens with one attached hydrogen (secondary N) is 1. The molecular weight excluding hydrogens is 394 g/mol. The number of carbonyl (C=O) groups is 2. The Labute approximate surface area is 175 Å². The van der Waals surface area contributed by atoms with Gasteiger partial charge in [0.2, 0.25) is 0 Å². The van der Waals surface area contributed by atoms with Crippen molar-refractivity contribution in [3.8, 4) is 5.75 Å². The van der Waals surface area contributed by atoms with Crippen LogP contribution in [0.2, 0.25) is 5.02 Å². The molecular formula is C22H24ClNO5. The van der Waals surface area contributed by atoms with E-state index in [9.17, 15) is 9.59 Å². The van der Waals surface area contributed by atoms with Crippen LogP contribution in [0.4, 0.5) is 0 Å². The molecule has 0 radical (unpaired) electrons. The number of amides is 1. The molecule has 1 aliphatic heterocycles. The summed E-state index contributed by atoms with van der Waals surface area (Å²) < 4.78 is 16.3.